The summed E-state index contributed by atoms with van der Waals surface area (Å²) in [6, 6.07) is 16.2. The molecule has 1 aliphatic heterocycles. The van der Waals surface area contributed by atoms with Crippen LogP contribution in [0.25, 0.3) is 10.8 Å². The first-order valence-electron chi connectivity index (χ1n) is 10.1. The van der Waals surface area contributed by atoms with E-state index in [1.54, 1.807) is 36.1 Å². The molecule has 1 fully saturated rings. The second kappa shape index (κ2) is 8.49. The number of ether oxygens (including phenoxy) is 1. The van der Waals surface area contributed by atoms with Crippen LogP contribution >= 0.6 is 0 Å². The maximum Gasteiger partial charge on any atom is 0.360 e. The van der Waals surface area contributed by atoms with Gasteiger partial charge in [-0.15, -0.1) is 0 Å². The first kappa shape index (κ1) is 19.8. The van der Waals surface area contributed by atoms with Gasteiger partial charge in [0, 0.05) is 18.5 Å². The molecule has 154 valence electrons. The molecular weight excluding hydrogens is 382 g/mol. The van der Waals surface area contributed by atoms with Crippen LogP contribution in [0.15, 0.2) is 59.4 Å². The molecule has 0 saturated carbocycles. The lowest BCUT2D eigenvalue weighted by atomic mass is 10.1. The van der Waals surface area contributed by atoms with Crippen molar-refractivity contribution in [2.75, 3.05) is 13.1 Å². The van der Waals surface area contributed by atoms with Crippen molar-refractivity contribution in [1.82, 2.24) is 14.7 Å². The van der Waals surface area contributed by atoms with Gasteiger partial charge in [-0.25, -0.2) is 9.48 Å². The summed E-state index contributed by atoms with van der Waals surface area (Å²) in [6.45, 7) is 3.17. The Bertz CT molecular complexity index is 1130. The molecule has 7 nitrogen and oxygen atoms in total. The van der Waals surface area contributed by atoms with Crippen molar-refractivity contribution < 1.29 is 14.3 Å². The molecule has 1 atom stereocenters. The Morgan fingerprint density at radius 2 is 1.63 bits per heavy atom. The third-order valence-electron chi connectivity index (χ3n) is 5.29. The summed E-state index contributed by atoms with van der Waals surface area (Å²) in [4.78, 5) is 40.1. The number of hydrogen-bond acceptors (Lipinski definition) is 5. The van der Waals surface area contributed by atoms with E-state index in [9.17, 15) is 14.4 Å². The van der Waals surface area contributed by atoms with Crippen molar-refractivity contribution in [3.8, 4) is 0 Å². The molecule has 30 heavy (non-hydrogen) atoms. The van der Waals surface area contributed by atoms with E-state index in [-0.39, 0.29) is 23.7 Å². The highest BCUT2D eigenvalue weighted by Crippen LogP contribution is 2.17. The van der Waals surface area contributed by atoms with Crippen molar-refractivity contribution in [2.45, 2.75) is 32.4 Å². The van der Waals surface area contributed by atoms with E-state index in [0.29, 0.717) is 23.9 Å². The van der Waals surface area contributed by atoms with Crippen molar-refractivity contribution in [1.29, 1.82) is 0 Å². The lowest BCUT2D eigenvalue weighted by Crippen LogP contribution is -2.38. The Morgan fingerprint density at radius 1 is 1.00 bits per heavy atom. The highest BCUT2D eigenvalue weighted by atomic mass is 16.5. The molecule has 0 spiro atoms. The van der Waals surface area contributed by atoms with Crippen LogP contribution in [0.3, 0.4) is 0 Å². The summed E-state index contributed by atoms with van der Waals surface area (Å²) in [5.41, 5.74) is 0.633. The predicted octanol–water partition coefficient (Wildman–Crippen LogP) is 2.61. The summed E-state index contributed by atoms with van der Waals surface area (Å²) in [7, 11) is 0. The fraction of sp³-hybridized carbons (Fsp3) is 0.304. The largest absolute Gasteiger partial charge is 0.448 e. The molecular formula is C23H23N3O4. The highest BCUT2D eigenvalue weighted by molar-refractivity contribution is 6.02. The standard InChI is InChI=1S/C23H23N3O4/c1-16(21(27)25-13-7-8-14-25)30-23(29)20-18-11-5-6-12-19(18)22(28)26(24-20)15-17-9-3-2-4-10-17/h2-6,9-12,16H,7-8,13-15H2,1H3/t16-/m1/s1. The van der Waals surface area contributed by atoms with Crippen molar-refractivity contribution in [2.24, 2.45) is 0 Å². The maximum absolute atomic E-state index is 12.9. The van der Waals surface area contributed by atoms with E-state index in [0.717, 1.165) is 18.4 Å². The number of nitrogens with zero attached hydrogens (tertiary/aromatic N) is 3. The lowest BCUT2D eigenvalue weighted by molar-refractivity contribution is -0.138. The number of carbonyl (C=O) groups is 2. The third kappa shape index (κ3) is 3.96. The Kier molecular flexibility index (Phi) is 5.61. The zero-order chi connectivity index (χ0) is 21.1. The minimum Gasteiger partial charge on any atom is -0.448 e. The lowest BCUT2D eigenvalue weighted by Gasteiger charge is -2.20. The molecule has 3 aromatic rings. The fourth-order valence-electron chi connectivity index (χ4n) is 3.71. The van der Waals surface area contributed by atoms with Crippen LogP contribution in [0.5, 0.6) is 0 Å². The van der Waals surface area contributed by atoms with Gasteiger partial charge in [0.15, 0.2) is 11.8 Å². The number of esters is 1. The Morgan fingerprint density at radius 3 is 2.33 bits per heavy atom. The van der Waals surface area contributed by atoms with Crippen molar-refractivity contribution >= 4 is 22.6 Å². The van der Waals surface area contributed by atoms with E-state index >= 15 is 0 Å². The smallest absolute Gasteiger partial charge is 0.360 e. The minimum absolute atomic E-state index is 0.0298. The SMILES string of the molecule is C[C@@H](OC(=O)c1nn(Cc2ccccc2)c(=O)c2ccccc12)C(=O)N1CCCC1. The van der Waals surface area contributed by atoms with E-state index < -0.39 is 12.1 Å². The molecule has 2 heterocycles. The summed E-state index contributed by atoms with van der Waals surface area (Å²) in [5, 5.41) is 5.11. The van der Waals surface area contributed by atoms with Gasteiger partial charge in [-0.3, -0.25) is 9.59 Å². The van der Waals surface area contributed by atoms with Gasteiger partial charge in [0.25, 0.3) is 11.5 Å². The molecule has 7 heteroatoms. The molecule has 0 aliphatic carbocycles. The van der Waals surface area contributed by atoms with E-state index in [2.05, 4.69) is 5.10 Å². The van der Waals surface area contributed by atoms with Crippen LogP contribution in [0.1, 0.15) is 35.8 Å². The van der Waals surface area contributed by atoms with Gasteiger partial charge in [0.05, 0.1) is 11.9 Å². The van der Waals surface area contributed by atoms with Crippen molar-refractivity contribution in [3.63, 3.8) is 0 Å². The quantitative estimate of drug-likeness (QED) is 0.610. The molecule has 1 amide bonds. The molecule has 0 N–H and O–H groups in total. The van der Waals surface area contributed by atoms with Gasteiger partial charge in [0.2, 0.25) is 0 Å². The molecule has 0 radical (unpaired) electrons. The van der Waals surface area contributed by atoms with Gasteiger partial charge < -0.3 is 9.64 Å². The summed E-state index contributed by atoms with van der Waals surface area (Å²) in [6.07, 6.45) is 1.01. The predicted molar refractivity (Wildman–Crippen MR) is 112 cm³/mol. The zero-order valence-corrected chi connectivity index (χ0v) is 16.8. The molecule has 1 aromatic heterocycles. The fourth-order valence-corrected chi connectivity index (χ4v) is 3.71. The van der Waals surface area contributed by atoms with Crippen LogP contribution in [-0.2, 0) is 16.1 Å². The van der Waals surface area contributed by atoms with E-state index in [1.165, 1.54) is 4.68 Å². The number of likely N-dealkylation sites (tertiary alicyclic amines) is 1. The number of rotatable bonds is 5. The number of hydrogen-bond donors (Lipinski definition) is 0. The Hall–Kier alpha value is -3.48. The van der Waals surface area contributed by atoms with Gasteiger partial charge >= 0.3 is 5.97 Å². The second-order valence-corrected chi connectivity index (χ2v) is 7.42. The second-order valence-electron chi connectivity index (χ2n) is 7.42. The zero-order valence-electron chi connectivity index (χ0n) is 16.8. The van der Waals surface area contributed by atoms with Crippen LogP contribution in [0.4, 0.5) is 0 Å². The molecule has 1 aliphatic rings. The van der Waals surface area contributed by atoms with Gasteiger partial charge in [-0.05, 0) is 31.4 Å². The number of amides is 1. The van der Waals surface area contributed by atoms with E-state index in [4.69, 9.17) is 4.74 Å². The molecule has 0 bridgehead atoms. The minimum atomic E-state index is -0.911. The average Bonchev–Trinajstić information content (AvgIpc) is 3.30. The number of aromatic nitrogens is 2. The van der Waals surface area contributed by atoms with Crippen LogP contribution in [0, 0.1) is 0 Å². The number of fused-ring (bicyclic) bond motifs is 1. The van der Waals surface area contributed by atoms with Crippen LogP contribution in [0.2, 0.25) is 0 Å². The molecule has 0 unspecified atom stereocenters. The Labute approximate surface area is 173 Å². The van der Waals surface area contributed by atoms with Crippen LogP contribution in [-0.4, -0.2) is 45.8 Å². The molecule has 2 aromatic carbocycles. The van der Waals surface area contributed by atoms with E-state index in [1.807, 2.05) is 30.3 Å². The average molecular weight is 405 g/mol. The normalized spacial score (nSPS) is 14.6. The summed E-state index contributed by atoms with van der Waals surface area (Å²) >= 11 is 0. The summed E-state index contributed by atoms with van der Waals surface area (Å²) < 4.78 is 6.72. The summed E-state index contributed by atoms with van der Waals surface area (Å²) in [5.74, 6) is -0.921. The van der Waals surface area contributed by atoms with Gasteiger partial charge in [0.1, 0.15) is 0 Å². The van der Waals surface area contributed by atoms with Crippen molar-refractivity contribution in [3.05, 3.63) is 76.2 Å². The number of carbonyl (C=O) groups excluding carboxylic acids is 2. The van der Waals surface area contributed by atoms with Gasteiger partial charge in [-0.1, -0.05) is 48.5 Å². The topological polar surface area (TPSA) is 81.5 Å². The van der Waals surface area contributed by atoms with Crippen LogP contribution < -0.4 is 5.56 Å². The van der Waals surface area contributed by atoms with Gasteiger partial charge in [-0.2, -0.15) is 5.10 Å². The highest BCUT2D eigenvalue weighted by Gasteiger charge is 2.28. The monoisotopic (exact) mass is 405 g/mol. The first-order chi connectivity index (χ1) is 14.5. The molecule has 1 saturated heterocycles. The maximum atomic E-state index is 12.9. The third-order valence-corrected chi connectivity index (χ3v) is 5.29. The first-order valence-corrected chi connectivity index (χ1v) is 10.1. The Balaban J connectivity index is 1.66. The number of benzene rings is 2. The molecule has 4 rings (SSSR count).